The summed E-state index contributed by atoms with van der Waals surface area (Å²) in [5.41, 5.74) is 1.14. The molecule has 0 amide bonds. The number of carbonyl (C=O) groups is 2. The van der Waals surface area contributed by atoms with Gasteiger partial charge in [0, 0.05) is 16.8 Å². The van der Waals surface area contributed by atoms with E-state index in [-0.39, 0.29) is 23.6 Å². The summed E-state index contributed by atoms with van der Waals surface area (Å²) in [6, 6.07) is 7.96. The van der Waals surface area contributed by atoms with Gasteiger partial charge in [-0.2, -0.15) is 0 Å². The average molecular weight is 325 g/mol. The molecule has 2 atom stereocenters. The van der Waals surface area contributed by atoms with Crippen molar-refractivity contribution in [2.24, 2.45) is 11.8 Å². The van der Waals surface area contributed by atoms with Crippen LogP contribution in [0, 0.1) is 11.8 Å². The van der Waals surface area contributed by atoms with Gasteiger partial charge in [0.05, 0.1) is 12.5 Å². The summed E-state index contributed by atoms with van der Waals surface area (Å²) in [6.45, 7) is 2.17. The quantitative estimate of drug-likeness (QED) is 0.755. The highest BCUT2D eigenvalue weighted by Gasteiger charge is 2.48. The van der Waals surface area contributed by atoms with Crippen LogP contribution in [0.1, 0.15) is 25.3 Å². The highest BCUT2D eigenvalue weighted by molar-refractivity contribution is 9.10. The number of carbonyl (C=O) groups excluding carboxylic acids is 2. The molecule has 2 rings (SSSR count). The maximum atomic E-state index is 11.9. The molecule has 0 heterocycles. The fourth-order valence-corrected chi connectivity index (χ4v) is 2.43. The van der Waals surface area contributed by atoms with Crippen molar-refractivity contribution in [3.05, 3.63) is 34.3 Å². The molecule has 0 aromatic heterocycles. The first-order valence-electron chi connectivity index (χ1n) is 6.55. The van der Waals surface area contributed by atoms with E-state index < -0.39 is 0 Å². The molecule has 0 aliphatic heterocycles. The molecular formula is C15H17BrO3. The Morgan fingerprint density at radius 1 is 1.26 bits per heavy atom. The van der Waals surface area contributed by atoms with Crippen molar-refractivity contribution in [2.45, 2.75) is 26.2 Å². The van der Waals surface area contributed by atoms with Crippen molar-refractivity contribution in [1.82, 2.24) is 0 Å². The maximum Gasteiger partial charge on any atom is 0.309 e. The van der Waals surface area contributed by atoms with E-state index in [4.69, 9.17) is 4.74 Å². The van der Waals surface area contributed by atoms with Crippen LogP contribution in [-0.2, 0) is 20.7 Å². The minimum atomic E-state index is -0.218. The van der Waals surface area contributed by atoms with E-state index in [2.05, 4.69) is 15.9 Å². The smallest absolute Gasteiger partial charge is 0.309 e. The SMILES string of the molecule is CCOC(=O)C1CC1C(=O)CCc1ccc(Br)cc1. The number of Topliss-reactive ketones (excluding diaryl/α,β-unsaturated/α-hetero) is 1. The Balaban J connectivity index is 1.77. The number of hydrogen-bond acceptors (Lipinski definition) is 3. The third kappa shape index (κ3) is 3.90. The van der Waals surface area contributed by atoms with Gasteiger partial charge in [0.25, 0.3) is 0 Å². The lowest BCUT2D eigenvalue weighted by atomic mass is 10.0. The van der Waals surface area contributed by atoms with E-state index in [1.165, 1.54) is 0 Å². The number of hydrogen-bond donors (Lipinski definition) is 0. The maximum absolute atomic E-state index is 11.9. The van der Waals surface area contributed by atoms with E-state index in [0.717, 1.165) is 16.5 Å². The first kappa shape index (κ1) is 14.3. The molecule has 0 N–H and O–H groups in total. The van der Waals surface area contributed by atoms with Gasteiger partial charge >= 0.3 is 5.97 Å². The minimum absolute atomic E-state index is 0.102. The molecule has 0 spiro atoms. The monoisotopic (exact) mass is 324 g/mol. The molecular weight excluding hydrogens is 308 g/mol. The molecule has 0 saturated heterocycles. The van der Waals surface area contributed by atoms with Crippen LogP contribution in [-0.4, -0.2) is 18.4 Å². The highest BCUT2D eigenvalue weighted by Crippen LogP contribution is 2.41. The van der Waals surface area contributed by atoms with Crippen molar-refractivity contribution < 1.29 is 14.3 Å². The summed E-state index contributed by atoms with van der Waals surface area (Å²) in [7, 11) is 0. The van der Waals surface area contributed by atoms with E-state index in [1.807, 2.05) is 24.3 Å². The van der Waals surface area contributed by atoms with E-state index in [0.29, 0.717) is 19.4 Å². The second-order valence-corrected chi connectivity index (χ2v) is 5.71. The number of ketones is 1. The molecule has 1 aliphatic carbocycles. The molecule has 19 heavy (non-hydrogen) atoms. The average Bonchev–Trinajstić information content (AvgIpc) is 3.18. The molecule has 1 aliphatic rings. The molecule has 4 heteroatoms. The number of rotatable bonds is 6. The van der Waals surface area contributed by atoms with Crippen molar-refractivity contribution >= 4 is 27.7 Å². The predicted molar refractivity (Wildman–Crippen MR) is 75.7 cm³/mol. The van der Waals surface area contributed by atoms with Crippen molar-refractivity contribution in [3.63, 3.8) is 0 Å². The topological polar surface area (TPSA) is 43.4 Å². The van der Waals surface area contributed by atoms with Crippen molar-refractivity contribution in [2.75, 3.05) is 6.61 Å². The fraction of sp³-hybridized carbons (Fsp3) is 0.467. The first-order valence-corrected chi connectivity index (χ1v) is 7.35. The van der Waals surface area contributed by atoms with E-state index in [1.54, 1.807) is 6.92 Å². The third-order valence-corrected chi connectivity index (χ3v) is 3.90. The molecule has 1 saturated carbocycles. The Hall–Kier alpha value is -1.16. The highest BCUT2D eigenvalue weighted by atomic mass is 79.9. The van der Waals surface area contributed by atoms with Crippen LogP contribution in [0.5, 0.6) is 0 Å². The second-order valence-electron chi connectivity index (χ2n) is 4.79. The largest absolute Gasteiger partial charge is 0.466 e. The second kappa shape index (κ2) is 6.33. The summed E-state index contributed by atoms with van der Waals surface area (Å²) >= 11 is 3.38. The van der Waals surface area contributed by atoms with Crippen LogP contribution in [0.2, 0.25) is 0 Å². The minimum Gasteiger partial charge on any atom is -0.466 e. The van der Waals surface area contributed by atoms with Gasteiger partial charge in [0.1, 0.15) is 5.78 Å². The van der Waals surface area contributed by atoms with E-state index >= 15 is 0 Å². The van der Waals surface area contributed by atoms with Crippen molar-refractivity contribution in [1.29, 1.82) is 0 Å². The first-order chi connectivity index (χ1) is 9.11. The van der Waals surface area contributed by atoms with Gasteiger partial charge < -0.3 is 4.74 Å². The summed E-state index contributed by atoms with van der Waals surface area (Å²) < 4.78 is 5.96. The number of halogens is 1. The van der Waals surface area contributed by atoms with Crippen molar-refractivity contribution in [3.8, 4) is 0 Å². The molecule has 0 radical (unpaired) electrons. The standard InChI is InChI=1S/C15H17BrO3/c1-2-19-15(18)13-9-12(13)14(17)8-5-10-3-6-11(16)7-4-10/h3-4,6-7,12-13H,2,5,8-9H2,1H3. The fourth-order valence-electron chi connectivity index (χ4n) is 2.16. The van der Waals surface area contributed by atoms with Crippen LogP contribution in [0.15, 0.2) is 28.7 Å². The Kier molecular flexibility index (Phi) is 4.75. The van der Waals surface area contributed by atoms with Crippen LogP contribution in [0.4, 0.5) is 0 Å². The number of aryl methyl sites for hydroxylation is 1. The van der Waals surface area contributed by atoms with Gasteiger partial charge in [-0.05, 0) is 37.5 Å². The predicted octanol–water partition coefficient (Wildman–Crippen LogP) is 3.15. The molecule has 1 aromatic carbocycles. The summed E-state index contributed by atoms with van der Waals surface area (Å²) in [6.07, 6.45) is 1.90. The molecule has 1 aromatic rings. The van der Waals surface area contributed by atoms with Crippen LogP contribution >= 0.6 is 15.9 Å². The Bertz CT molecular complexity index is 467. The molecule has 2 unspecified atom stereocenters. The third-order valence-electron chi connectivity index (χ3n) is 3.37. The van der Waals surface area contributed by atoms with Gasteiger partial charge in [-0.3, -0.25) is 9.59 Å². The molecule has 102 valence electrons. The summed E-state index contributed by atoms with van der Waals surface area (Å²) in [4.78, 5) is 23.4. The molecule has 0 bridgehead atoms. The zero-order chi connectivity index (χ0) is 13.8. The zero-order valence-corrected chi connectivity index (χ0v) is 12.5. The van der Waals surface area contributed by atoms with Gasteiger partial charge in [0.2, 0.25) is 0 Å². The zero-order valence-electron chi connectivity index (χ0n) is 10.9. The molecule has 3 nitrogen and oxygen atoms in total. The Morgan fingerprint density at radius 2 is 1.95 bits per heavy atom. The van der Waals surface area contributed by atoms with Gasteiger partial charge in [-0.1, -0.05) is 28.1 Å². The van der Waals surface area contributed by atoms with Gasteiger partial charge in [0.15, 0.2) is 0 Å². The van der Waals surface area contributed by atoms with Crippen LogP contribution in [0.25, 0.3) is 0 Å². The van der Waals surface area contributed by atoms with Crippen LogP contribution in [0.3, 0.4) is 0 Å². The van der Waals surface area contributed by atoms with E-state index in [9.17, 15) is 9.59 Å². The number of esters is 1. The lowest BCUT2D eigenvalue weighted by Crippen LogP contribution is -2.12. The van der Waals surface area contributed by atoms with Crippen LogP contribution < -0.4 is 0 Å². The van der Waals surface area contributed by atoms with Gasteiger partial charge in [-0.25, -0.2) is 0 Å². The molecule has 1 fully saturated rings. The Labute approximate surface area is 121 Å². The number of benzene rings is 1. The number of ether oxygens (including phenoxy) is 1. The van der Waals surface area contributed by atoms with Gasteiger partial charge in [-0.15, -0.1) is 0 Å². The lowest BCUT2D eigenvalue weighted by Gasteiger charge is -2.02. The Morgan fingerprint density at radius 3 is 2.58 bits per heavy atom. The summed E-state index contributed by atoms with van der Waals surface area (Å²) in [5, 5.41) is 0. The lowest BCUT2D eigenvalue weighted by molar-refractivity contribution is -0.145. The summed E-state index contributed by atoms with van der Waals surface area (Å²) in [5.74, 6) is -0.322. The normalized spacial score (nSPS) is 20.9.